The topological polar surface area (TPSA) is 24.9 Å². The first kappa shape index (κ1) is 7.71. The van der Waals surface area contributed by atoms with Gasteiger partial charge in [-0.15, -0.1) is 0 Å². The van der Waals surface area contributed by atoms with Crippen LogP contribution < -0.4 is 5.32 Å². The van der Waals surface area contributed by atoms with Crippen molar-refractivity contribution in [1.29, 1.82) is 0 Å². The van der Waals surface area contributed by atoms with Crippen molar-refractivity contribution in [1.82, 2.24) is 9.69 Å². The molecule has 2 nitrogen and oxygen atoms in total. The maximum Gasteiger partial charge on any atom is 0.0506 e. The number of rotatable bonds is 1. The Kier molecular flexibility index (Phi) is 1.58. The van der Waals surface area contributed by atoms with Gasteiger partial charge in [-0.2, -0.15) is 0 Å². The monoisotopic (exact) mass is 192 g/mol. The second-order valence-corrected chi connectivity index (χ2v) is 4.85. The zero-order chi connectivity index (χ0) is 8.73. The van der Waals surface area contributed by atoms with Crippen LogP contribution in [0.4, 0.5) is 0 Å². The fourth-order valence-corrected chi connectivity index (χ4v) is 2.83. The van der Waals surface area contributed by atoms with E-state index in [4.69, 9.17) is 0 Å². The number of aromatic nitrogens is 1. The van der Waals surface area contributed by atoms with Crippen molar-refractivity contribution in [2.75, 3.05) is 13.1 Å². The highest BCUT2D eigenvalue weighted by atomic mass is 32.1. The molecule has 0 amide bonds. The van der Waals surface area contributed by atoms with Crippen molar-refractivity contribution < 1.29 is 0 Å². The van der Waals surface area contributed by atoms with Crippen LogP contribution in [0.3, 0.4) is 0 Å². The first-order valence-corrected chi connectivity index (χ1v) is 5.49. The van der Waals surface area contributed by atoms with Crippen LogP contribution in [-0.4, -0.2) is 17.5 Å². The SMILES string of the molecule is C1=C(c2ccns2)CCC12CNC2. The molecule has 3 rings (SSSR count). The summed E-state index contributed by atoms with van der Waals surface area (Å²) >= 11 is 1.62. The third kappa shape index (κ3) is 1.15. The van der Waals surface area contributed by atoms with Gasteiger partial charge < -0.3 is 5.32 Å². The fraction of sp³-hybridized carbons (Fsp3) is 0.500. The van der Waals surface area contributed by atoms with Crippen LogP contribution in [0.1, 0.15) is 17.7 Å². The Balaban J connectivity index is 1.90. The predicted octanol–water partition coefficient (Wildman–Crippen LogP) is 1.91. The molecule has 1 spiro atoms. The fourth-order valence-electron chi connectivity index (χ4n) is 2.20. The van der Waals surface area contributed by atoms with Crippen LogP contribution in [-0.2, 0) is 0 Å². The summed E-state index contributed by atoms with van der Waals surface area (Å²) in [5, 5.41) is 3.35. The minimum Gasteiger partial charge on any atom is -0.315 e. The Morgan fingerprint density at radius 1 is 1.46 bits per heavy atom. The molecule has 1 aliphatic heterocycles. The summed E-state index contributed by atoms with van der Waals surface area (Å²) in [6, 6.07) is 2.13. The van der Waals surface area contributed by atoms with E-state index >= 15 is 0 Å². The molecule has 1 aromatic rings. The van der Waals surface area contributed by atoms with Gasteiger partial charge in [0.25, 0.3) is 0 Å². The molecule has 1 aromatic heterocycles. The third-order valence-electron chi connectivity index (χ3n) is 3.08. The lowest BCUT2D eigenvalue weighted by Crippen LogP contribution is -2.50. The molecule has 0 saturated carbocycles. The van der Waals surface area contributed by atoms with Crippen LogP contribution in [0.5, 0.6) is 0 Å². The molecule has 0 aromatic carbocycles. The van der Waals surface area contributed by atoms with E-state index < -0.39 is 0 Å². The lowest BCUT2D eigenvalue weighted by atomic mass is 9.82. The molecule has 3 heteroatoms. The van der Waals surface area contributed by atoms with E-state index in [9.17, 15) is 0 Å². The summed E-state index contributed by atoms with van der Waals surface area (Å²) in [7, 11) is 0. The number of nitrogens with zero attached hydrogens (tertiary/aromatic N) is 1. The first-order valence-electron chi connectivity index (χ1n) is 4.72. The zero-order valence-corrected chi connectivity index (χ0v) is 8.23. The highest BCUT2D eigenvalue weighted by Crippen LogP contribution is 2.43. The van der Waals surface area contributed by atoms with Crippen LogP contribution in [0, 0.1) is 5.41 Å². The summed E-state index contributed by atoms with van der Waals surface area (Å²) in [5.41, 5.74) is 2.03. The molecule has 2 heterocycles. The minimum atomic E-state index is 0.513. The van der Waals surface area contributed by atoms with Gasteiger partial charge in [-0.25, -0.2) is 4.37 Å². The van der Waals surface area contributed by atoms with Gasteiger partial charge in [-0.05, 0) is 36.0 Å². The van der Waals surface area contributed by atoms with Crippen molar-refractivity contribution in [2.45, 2.75) is 12.8 Å². The number of allylic oxidation sites excluding steroid dienone is 1. The maximum absolute atomic E-state index is 4.14. The van der Waals surface area contributed by atoms with Crippen LogP contribution in [0.2, 0.25) is 0 Å². The largest absolute Gasteiger partial charge is 0.315 e. The van der Waals surface area contributed by atoms with Crippen LogP contribution in [0.15, 0.2) is 18.3 Å². The average molecular weight is 192 g/mol. The first-order chi connectivity index (χ1) is 6.38. The summed E-state index contributed by atoms with van der Waals surface area (Å²) in [5.74, 6) is 0. The van der Waals surface area contributed by atoms with Gasteiger partial charge in [0.1, 0.15) is 0 Å². The van der Waals surface area contributed by atoms with E-state index in [2.05, 4.69) is 21.8 Å². The summed E-state index contributed by atoms with van der Waals surface area (Å²) in [6.07, 6.45) is 6.93. The van der Waals surface area contributed by atoms with E-state index in [1.54, 1.807) is 11.5 Å². The van der Waals surface area contributed by atoms with Gasteiger partial charge in [0.2, 0.25) is 0 Å². The molecule has 68 valence electrons. The third-order valence-corrected chi connectivity index (χ3v) is 3.90. The normalized spacial score (nSPS) is 24.5. The van der Waals surface area contributed by atoms with E-state index in [-0.39, 0.29) is 0 Å². The molecule has 1 aliphatic carbocycles. The van der Waals surface area contributed by atoms with E-state index in [1.807, 2.05) is 6.20 Å². The van der Waals surface area contributed by atoms with Gasteiger partial charge >= 0.3 is 0 Å². The summed E-state index contributed by atoms with van der Waals surface area (Å²) < 4.78 is 4.14. The molecule has 1 fully saturated rings. The van der Waals surface area contributed by atoms with Crippen molar-refractivity contribution >= 4 is 17.1 Å². The molecule has 1 N–H and O–H groups in total. The highest BCUT2D eigenvalue weighted by molar-refractivity contribution is 7.06. The van der Waals surface area contributed by atoms with Crippen LogP contribution >= 0.6 is 11.5 Å². The molecule has 2 aliphatic rings. The predicted molar refractivity (Wildman–Crippen MR) is 54.6 cm³/mol. The van der Waals surface area contributed by atoms with Crippen LogP contribution in [0.25, 0.3) is 5.57 Å². The zero-order valence-electron chi connectivity index (χ0n) is 7.42. The van der Waals surface area contributed by atoms with Gasteiger partial charge in [-0.3, -0.25) is 0 Å². The molecule has 0 radical (unpaired) electrons. The van der Waals surface area contributed by atoms with E-state index in [0.717, 1.165) is 0 Å². The molecule has 1 saturated heterocycles. The Bertz CT molecular complexity index is 336. The minimum absolute atomic E-state index is 0.513. The Morgan fingerprint density at radius 3 is 2.92 bits per heavy atom. The summed E-state index contributed by atoms with van der Waals surface area (Å²) in [6.45, 7) is 2.35. The van der Waals surface area contributed by atoms with Gasteiger partial charge in [0, 0.05) is 24.7 Å². The quantitative estimate of drug-likeness (QED) is 0.735. The van der Waals surface area contributed by atoms with Gasteiger partial charge in [0.15, 0.2) is 0 Å². The molecule has 0 unspecified atom stereocenters. The number of nitrogens with one attached hydrogen (secondary N) is 1. The Hall–Kier alpha value is -0.670. The van der Waals surface area contributed by atoms with Gasteiger partial charge in [0.05, 0.1) is 4.88 Å². The molecular weight excluding hydrogens is 180 g/mol. The Morgan fingerprint density at radius 2 is 2.38 bits per heavy atom. The highest BCUT2D eigenvalue weighted by Gasteiger charge is 2.38. The molecular formula is C10H12N2S. The lowest BCUT2D eigenvalue weighted by Gasteiger charge is -2.37. The van der Waals surface area contributed by atoms with E-state index in [0.29, 0.717) is 5.41 Å². The van der Waals surface area contributed by atoms with Crippen molar-refractivity contribution in [2.24, 2.45) is 5.41 Å². The standard InChI is InChI=1S/C10H12N2S/c1-3-10(6-11-7-10)5-8(1)9-2-4-12-13-9/h2,4-5,11H,1,3,6-7H2. The number of hydrogen-bond donors (Lipinski definition) is 1. The molecule has 0 bridgehead atoms. The summed E-state index contributed by atoms with van der Waals surface area (Å²) in [4.78, 5) is 1.36. The van der Waals surface area contributed by atoms with Crippen molar-refractivity contribution in [3.05, 3.63) is 23.2 Å². The lowest BCUT2D eigenvalue weighted by molar-refractivity contribution is 0.236. The van der Waals surface area contributed by atoms with Crippen molar-refractivity contribution in [3.63, 3.8) is 0 Å². The Labute approximate surface area is 81.8 Å². The second kappa shape index (κ2) is 2.66. The molecule has 13 heavy (non-hydrogen) atoms. The maximum atomic E-state index is 4.14. The van der Waals surface area contributed by atoms with Gasteiger partial charge in [-0.1, -0.05) is 6.08 Å². The average Bonchev–Trinajstić information content (AvgIpc) is 2.71. The second-order valence-electron chi connectivity index (χ2n) is 4.01. The molecule has 0 atom stereocenters. The van der Waals surface area contributed by atoms with Crippen molar-refractivity contribution in [3.8, 4) is 0 Å². The smallest absolute Gasteiger partial charge is 0.0506 e. The number of hydrogen-bond acceptors (Lipinski definition) is 3. The van der Waals surface area contributed by atoms with E-state index in [1.165, 1.54) is 36.4 Å².